The van der Waals surface area contributed by atoms with Gasteiger partial charge in [-0.05, 0) is 18.6 Å². The van der Waals surface area contributed by atoms with Crippen LogP contribution in [0.2, 0.25) is 5.02 Å². The fourth-order valence-electron chi connectivity index (χ4n) is 3.56. The van der Waals surface area contributed by atoms with Crippen molar-refractivity contribution in [2.45, 2.75) is 19.1 Å². The number of piperazine rings is 1. The zero-order valence-corrected chi connectivity index (χ0v) is 18.1. The van der Waals surface area contributed by atoms with Gasteiger partial charge in [-0.2, -0.15) is 13.2 Å². The van der Waals surface area contributed by atoms with E-state index in [-0.39, 0.29) is 10.8 Å². The smallest absolute Gasteiger partial charge is 0.353 e. The second-order valence-corrected chi connectivity index (χ2v) is 7.62. The first-order valence-corrected chi connectivity index (χ1v) is 10.4. The van der Waals surface area contributed by atoms with E-state index in [1.165, 1.54) is 0 Å². The monoisotopic (exact) mass is 469 g/mol. The van der Waals surface area contributed by atoms with Gasteiger partial charge in [0.05, 0.1) is 10.6 Å². The quantitative estimate of drug-likeness (QED) is 0.701. The second-order valence-electron chi connectivity index (χ2n) is 7.21. The molecule has 1 fully saturated rings. The van der Waals surface area contributed by atoms with Crippen molar-refractivity contribution in [1.29, 1.82) is 0 Å². The topological polar surface area (TPSA) is 77.6 Å². The molecule has 11 heteroatoms. The van der Waals surface area contributed by atoms with Crippen molar-refractivity contribution < 1.29 is 22.8 Å². The third-order valence-corrected chi connectivity index (χ3v) is 5.34. The molecule has 2 N–H and O–H groups in total. The number of nitrogens with zero attached hydrogens (tertiary/aromatic N) is 3. The van der Waals surface area contributed by atoms with Gasteiger partial charge in [-0.15, -0.1) is 0 Å². The van der Waals surface area contributed by atoms with Crippen molar-refractivity contribution >= 4 is 29.4 Å². The van der Waals surface area contributed by atoms with E-state index in [0.717, 1.165) is 17.8 Å². The summed E-state index contributed by atoms with van der Waals surface area (Å²) in [6.45, 7) is 3.77. The number of hydrogen-bond donors (Lipinski definition) is 2. The predicted octanol–water partition coefficient (Wildman–Crippen LogP) is 3.46. The zero-order valence-electron chi connectivity index (χ0n) is 17.3. The number of anilines is 1. The third-order valence-electron chi connectivity index (χ3n) is 5.07. The van der Waals surface area contributed by atoms with Crippen LogP contribution in [0.25, 0.3) is 0 Å². The predicted molar refractivity (Wildman–Crippen MR) is 114 cm³/mol. The third kappa shape index (κ3) is 5.68. The second kappa shape index (κ2) is 10.2. The maximum atomic E-state index is 12.9. The van der Waals surface area contributed by atoms with E-state index in [1.54, 1.807) is 11.8 Å². The van der Waals surface area contributed by atoms with Gasteiger partial charge in [0, 0.05) is 38.9 Å². The van der Waals surface area contributed by atoms with Gasteiger partial charge >= 0.3 is 12.2 Å². The molecule has 3 amide bonds. The molecule has 0 saturated carbocycles. The summed E-state index contributed by atoms with van der Waals surface area (Å²) in [6, 6.07) is 8.66. The molecule has 2 aromatic rings. The number of urea groups is 1. The first kappa shape index (κ1) is 23.8. The van der Waals surface area contributed by atoms with Gasteiger partial charge in [0.15, 0.2) is 0 Å². The molecular formula is C21H23ClF3N5O2. The van der Waals surface area contributed by atoms with Crippen molar-refractivity contribution in [3.05, 3.63) is 58.7 Å². The van der Waals surface area contributed by atoms with Crippen molar-refractivity contribution in [3.63, 3.8) is 0 Å². The number of pyridine rings is 1. The number of benzene rings is 1. The van der Waals surface area contributed by atoms with E-state index < -0.39 is 29.7 Å². The zero-order chi connectivity index (χ0) is 23.3. The lowest BCUT2D eigenvalue weighted by atomic mass is 10.0. The first-order chi connectivity index (χ1) is 15.2. The summed E-state index contributed by atoms with van der Waals surface area (Å²) in [5, 5.41) is 4.82. The van der Waals surface area contributed by atoms with Gasteiger partial charge in [0.25, 0.3) is 0 Å². The minimum Gasteiger partial charge on any atom is -0.353 e. The Morgan fingerprint density at radius 2 is 1.81 bits per heavy atom. The van der Waals surface area contributed by atoms with Crippen LogP contribution in [-0.4, -0.2) is 54.5 Å². The number of hydrogen-bond acceptors (Lipinski definition) is 5. The highest BCUT2D eigenvalue weighted by atomic mass is 35.5. The number of rotatable bonds is 5. The van der Waals surface area contributed by atoms with Crippen LogP contribution < -0.4 is 15.5 Å². The lowest BCUT2D eigenvalue weighted by Gasteiger charge is -2.39. The summed E-state index contributed by atoms with van der Waals surface area (Å²) in [5.41, 5.74) is -0.176. The number of nitrogens with one attached hydrogen (secondary N) is 2. The van der Waals surface area contributed by atoms with Crippen LogP contribution in [0.4, 0.5) is 23.8 Å². The lowest BCUT2D eigenvalue weighted by Crippen LogP contribution is -2.52. The summed E-state index contributed by atoms with van der Waals surface area (Å²) in [5.74, 6) is -0.191. The van der Waals surface area contributed by atoms with Crippen LogP contribution >= 0.6 is 11.6 Å². The molecule has 0 radical (unpaired) electrons. The molecule has 0 spiro atoms. The Morgan fingerprint density at radius 3 is 2.38 bits per heavy atom. The highest BCUT2D eigenvalue weighted by Crippen LogP contribution is 2.34. The van der Waals surface area contributed by atoms with Gasteiger partial charge < -0.3 is 10.2 Å². The Morgan fingerprint density at radius 1 is 1.16 bits per heavy atom. The average molecular weight is 470 g/mol. The van der Waals surface area contributed by atoms with E-state index in [1.807, 2.05) is 35.2 Å². The van der Waals surface area contributed by atoms with Gasteiger partial charge in [-0.3, -0.25) is 15.0 Å². The van der Waals surface area contributed by atoms with E-state index >= 15 is 0 Å². The molecule has 1 unspecified atom stereocenters. The van der Waals surface area contributed by atoms with Crippen LogP contribution in [0.1, 0.15) is 24.1 Å². The van der Waals surface area contributed by atoms with Crippen LogP contribution in [0.5, 0.6) is 0 Å². The molecule has 0 bridgehead atoms. The van der Waals surface area contributed by atoms with Crippen LogP contribution in [0, 0.1) is 0 Å². The maximum Gasteiger partial charge on any atom is 0.417 e. The number of amides is 3. The van der Waals surface area contributed by atoms with Gasteiger partial charge in [-0.25, -0.2) is 9.78 Å². The Hall–Kier alpha value is -2.85. The molecule has 172 valence electrons. The molecule has 1 saturated heterocycles. The summed E-state index contributed by atoms with van der Waals surface area (Å²) >= 11 is 6.07. The minimum atomic E-state index is -4.52. The molecular weight excluding hydrogens is 447 g/mol. The molecule has 2 heterocycles. The van der Waals surface area contributed by atoms with Gasteiger partial charge in [-0.1, -0.05) is 41.9 Å². The number of imide groups is 1. The Kier molecular flexibility index (Phi) is 7.57. The summed E-state index contributed by atoms with van der Waals surface area (Å²) in [7, 11) is 0. The summed E-state index contributed by atoms with van der Waals surface area (Å²) in [4.78, 5) is 32.4. The lowest BCUT2D eigenvalue weighted by molar-refractivity contribution is -0.137. The van der Waals surface area contributed by atoms with E-state index in [0.29, 0.717) is 32.7 Å². The molecule has 1 aliphatic rings. The molecule has 3 rings (SSSR count). The largest absolute Gasteiger partial charge is 0.417 e. The Labute approximate surface area is 188 Å². The van der Waals surface area contributed by atoms with Gasteiger partial charge in [0.1, 0.15) is 11.9 Å². The van der Waals surface area contributed by atoms with Crippen LogP contribution in [0.3, 0.4) is 0 Å². The minimum absolute atomic E-state index is 0.0816. The normalized spacial score (nSPS) is 15.8. The molecule has 1 aromatic heterocycles. The Bertz CT molecular complexity index is 950. The maximum absolute atomic E-state index is 12.9. The van der Waals surface area contributed by atoms with Crippen molar-refractivity contribution in [2.24, 2.45) is 0 Å². The molecule has 1 aliphatic heterocycles. The van der Waals surface area contributed by atoms with Crippen molar-refractivity contribution in [2.75, 3.05) is 37.6 Å². The molecule has 32 heavy (non-hydrogen) atoms. The van der Waals surface area contributed by atoms with Crippen LogP contribution in [-0.2, 0) is 11.0 Å². The Balaban J connectivity index is 1.74. The number of aromatic nitrogens is 1. The fourth-order valence-corrected chi connectivity index (χ4v) is 3.84. The van der Waals surface area contributed by atoms with Crippen LogP contribution in [0.15, 0.2) is 42.6 Å². The molecule has 0 aliphatic carbocycles. The highest BCUT2D eigenvalue weighted by molar-refractivity contribution is 6.33. The highest BCUT2D eigenvalue weighted by Gasteiger charge is 2.34. The van der Waals surface area contributed by atoms with Crippen molar-refractivity contribution in [1.82, 2.24) is 20.5 Å². The number of carbonyl (C=O) groups is 2. The van der Waals surface area contributed by atoms with Crippen molar-refractivity contribution in [3.8, 4) is 0 Å². The number of alkyl halides is 3. The fraction of sp³-hybridized carbons (Fsp3) is 0.381. The number of carbonyl (C=O) groups excluding carboxylic acids is 2. The standard InChI is InChI=1S/C21H23ClF3N5O2/c1-2-26-20(32)28-19(31)17(14-6-4-3-5-7-14)29-8-10-30(11-9-29)18-16(22)12-15(13-27-18)21(23,24)25/h3-7,12-13,17H,2,8-11H2,1H3,(H2,26,28,31,32). The summed E-state index contributed by atoms with van der Waals surface area (Å²) < 4.78 is 38.6. The summed E-state index contributed by atoms with van der Waals surface area (Å²) in [6.07, 6.45) is -3.76. The van der Waals surface area contributed by atoms with E-state index in [2.05, 4.69) is 15.6 Å². The molecule has 7 nitrogen and oxygen atoms in total. The SMILES string of the molecule is CCNC(=O)NC(=O)C(c1ccccc1)N1CCN(c2ncc(C(F)(F)F)cc2Cl)CC1. The first-order valence-electron chi connectivity index (χ1n) is 10.1. The molecule has 1 aromatic carbocycles. The van der Waals surface area contributed by atoms with E-state index in [4.69, 9.17) is 11.6 Å². The number of halogens is 4. The van der Waals surface area contributed by atoms with Gasteiger partial charge in [0.2, 0.25) is 5.91 Å². The average Bonchev–Trinajstić information content (AvgIpc) is 2.75. The molecule has 1 atom stereocenters. The van der Waals surface area contributed by atoms with E-state index in [9.17, 15) is 22.8 Å².